The molecule has 0 bridgehead atoms. The van der Waals surface area contributed by atoms with E-state index in [1.54, 1.807) is 0 Å². The van der Waals surface area contributed by atoms with E-state index >= 15 is 0 Å². The molecule has 1 heterocycles. The monoisotopic (exact) mass is 277 g/mol. The van der Waals surface area contributed by atoms with Crippen LogP contribution in [0.15, 0.2) is 23.4 Å². The molecule has 20 heavy (non-hydrogen) atoms. The van der Waals surface area contributed by atoms with Gasteiger partial charge in [0.05, 0.1) is 11.8 Å². The highest BCUT2D eigenvalue weighted by Gasteiger charge is 2.22. The van der Waals surface area contributed by atoms with Crippen molar-refractivity contribution in [3.63, 3.8) is 0 Å². The first-order valence-corrected chi connectivity index (χ1v) is 7.11. The lowest BCUT2D eigenvalue weighted by Gasteiger charge is -2.29. The van der Waals surface area contributed by atoms with Gasteiger partial charge >= 0.3 is 0 Å². The van der Waals surface area contributed by atoms with Gasteiger partial charge in [-0.15, -0.1) is 0 Å². The SMILES string of the molecule is CCN(CC1CCCO1)c1c(C)cccc1/C(N)=N/O. The predicted octanol–water partition coefficient (Wildman–Crippen LogP) is 2.09. The third-order valence-electron chi connectivity index (χ3n) is 3.77. The summed E-state index contributed by atoms with van der Waals surface area (Å²) < 4.78 is 5.72. The fourth-order valence-corrected chi connectivity index (χ4v) is 2.75. The van der Waals surface area contributed by atoms with Gasteiger partial charge in [-0.3, -0.25) is 0 Å². The van der Waals surface area contributed by atoms with E-state index in [4.69, 9.17) is 15.7 Å². The molecule has 1 aromatic carbocycles. The van der Waals surface area contributed by atoms with E-state index in [-0.39, 0.29) is 11.9 Å². The minimum atomic E-state index is 0.148. The van der Waals surface area contributed by atoms with Crippen LogP contribution in [0.25, 0.3) is 0 Å². The molecule has 1 fully saturated rings. The van der Waals surface area contributed by atoms with Gasteiger partial charge < -0.3 is 20.6 Å². The summed E-state index contributed by atoms with van der Waals surface area (Å²) in [5, 5.41) is 12.1. The zero-order valence-electron chi connectivity index (χ0n) is 12.2. The third kappa shape index (κ3) is 3.04. The number of likely N-dealkylation sites (N-methyl/N-ethyl adjacent to an activating group) is 1. The Labute approximate surface area is 120 Å². The average molecular weight is 277 g/mol. The second-order valence-electron chi connectivity index (χ2n) is 5.13. The van der Waals surface area contributed by atoms with E-state index < -0.39 is 0 Å². The van der Waals surface area contributed by atoms with E-state index in [0.717, 1.165) is 49.4 Å². The van der Waals surface area contributed by atoms with Gasteiger partial charge in [-0.25, -0.2) is 0 Å². The highest BCUT2D eigenvalue weighted by atomic mass is 16.5. The van der Waals surface area contributed by atoms with Crippen molar-refractivity contribution in [1.29, 1.82) is 0 Å². The Morgan fingerprint density at radius 2 is 2.35 bits per heavy atom. The number of rotatable bonds is 5. The van der Waals surface area contributed by atoms with Crippen molar-refractivity contribution in [2.45, 2.75) is 32.8 Å². The predicted molar refractivity (Wildman–Crippen MR) is 80.6 cm³/mol. The van der Waals surface area contributed by atoms with Crippen LogP contribution in [0.2, 0.25) is 0 Å². The lowest BCUT2D eigenvalue weighted by molar-refractivity contribution is 0.115. The fourth-order valence-electron chi connectivity index (χ4n) is 2.75. The minimum absolute atomic E-state index is 0.148. The maximum Gasteiger partial charge on any atom is 0.172 e. The maximum atomic E-state index is 8.96. The van der Waals surface area contributed by atoms with Gasteiger partial charge in [0, 0.05) is 25.3 Å². The highest BCUT2D eigenvalue weighted by Crippen LogP contribution is 2.27. The summed E-state index contributed by atoms with van der Waals surface area (Å²) in [6, 6.07) is 5.85. The van der Waals surface area contributed by atoms with Crippen molar-refractivity contribution < 1.29 is 9.94 Å². The summed E-state index contributed by atoms with van der Waals surface area (Å²) in [4.78, 5) is 2.25. The molecule has 5 heteroatoms. The molecule has 0 amide bonds. The molecule has 5 nitrogen and oxygen atoms in total. The Kier molecular flexibility index (Phi) is 4.84. The first-order chi connectivity index (χ1) is 9.67. The lowest BCUT2D eigenvalue weighted by atomic mass is 10.0. The zero-order chi connectivity index (χ0) is 14.5. The number of benzene rings is 1. The van der Waals surface area contributed by atoms with Crippen molar-refractivity contribution in [3.05, 3.63) is 29.3 Å². The number of hydrogen-bond acceptors (Lipinski definition) is 4. The number of hydrogen-bond donors (Lipinski definition) is 2. The number of oxime groups is 1. The van der Waals surface area contributed by atoms with Gasteiger partial charge in [-0.1, -0.05) is 17.3 Å². The summed E-state index contributed by atoms with van der Waals surface area (Å²) in [5.41, 5.74) is 8.73. The summed E-state index contributed by atoms with van der Waals surface area (Å²) in [5.74, 6) is 0.148. The van der Waals surface area contributed by atoms with Crippen LogP contribution in [0, 0.1) is 6.92 Å². The second kappa shape index (κ2) is 6.61. The molecule has 1 unspecified atom stereocenters. The van der Waals surface area contributed by atoms with Crippen LogP contribution < -0.4 is 10.6 Å². The summed E-state index contributed by atoms with van der Waals surface area (Å²) in [7, 11) is 0. The Morgan fingerprint density at radius 3 is 2.95 bits per heavy atom. The van der Waals surface area contributed by atoms with Crippen LogP contribution >= 0.6 is 0 Å². The summed E-state index contributed by atoms with van der Waals surface area (Å²) >= 11 is 0. The minimum Gasteiger partial charge on any atom is -0.409 e. The average Bonchev–Trinajstić information content (AvgIpc) is 2.97. The molecule has 1 saturated heterocycles. The molecule has 1 aromatic rings. The van der Waals surface area contributed by atoms with Crippen molar-refractivity contribution in [3.8, 4) is 0 Å². The molecule has 0 saturated carbocycles. The van der Waals surface area contributed by atoms with Gasteiger partial charge in [-0.05, 0) is 38.3 Å². The summed E-state index contributed by atoms with van der Waals surface area (Å²) in [6.07, 6.45) is 2.50. The van der Waals surface area contributed by atoms with Crippen molar-refractivity contribution in [2.75, 3.05) is 24.6 Å². The van der Waals surface area contributed by atoms with Crippen LogP contribution in [0.4, 0.5) is 5.69 Å². The van der Waals surface area contributed by atoms with Crippen LogP contribution in [-0.2, 0) is 4.74 Å². The number of amidine groups is 1. The van der Waals surface area contributed by atoms with Crippen LogP contribution in [0.1, 0.15) is 30.9 Å². The number of ether oxygens (including phenoxy) is 1. The first kappa shape index (κ1) is 14.7. The number of nitrogens with zero attached hydrogens (tertiary/aromatic N) is 2. The molecule has 0 radical (unpaired) electrons. The number of para-hydroxylation sites is 1. The van der Waals surface area contributed by atoms with Gasteiger partial charge in [0.2, 0.25) is 0 Å². The molecule has 3 N–H and O–H groups in total. The molecule has 0 aromatic heterocycles. The second-order valence-corrected chi connectivity index (χ2v) is 5.13. The van der Waals surface area contributed by atoms with E-state index in [9.17, 15) is 0 Å². The van der Waals surface area contributed by atoms with Gasteiger partial charge in [0.15, 0.2) is 5.84 Å². The third-order valence-corrected chi connectivity index (χ3v) is 3.77. The van der Waals surface area contributed by atoms with Gasteiger partial charge in [0.25, 0.3) is 0 Å². The molecule has 2 rings (SSSR count). The fraction of sp³-hybridized carbons (Fsp3) is 0.533. The van der Waals surface area contributed by atoms with Crippen LogP contribution in [0.5, 0.6) is 0 Å². The van der Waals surface area contributed by atoms with Crippen LogP contribution in [0.3, 0.4) is 0 Å². The molecule has 1 atom stereocenters. The van der Waals surface area contributed by atoms with Crippen LogP contribution in [-0.4, -0.2) is 36.8 Å². The van der Waals surface area contributed by atoms with Crippen molar-refractivity contribution in [2.24, 2.45) is 10.9 Å². The van der Waals surface area contributed by atoms with E-state index in [0.29, 0.717) is 0 Å². The molecular weight excluding hydrogens is 254 g/mol. The van der Waals surface area contributed by atoms with E-state index in [2.05, 4.69) is 17.0 Å². The smallest absolute Gasteiger partial charge is 0.172 e. The highest BCUT2D eigenvalue weighted by molar-refractivity contribution is 6.02. The Morgan fingerprint density at radius 1 is 1.55 bits per heavy atom. The summed E-state index contributed by atoms with van der Waals surface area (Å²) in [6.45, 7) is 6.70. The molecule has 110 valence electrons. The Balaban J connectivity index is 2.32. The number of nitrogens with two attached hydrogens (primary N) is 1. The van der Waals surface area contributed by atoms with Crippen molar-refractivity contribution in [1.82, 2.24) is 0 Å². The molecule has 0 spiro atoms. The first-order valence-electron chi connectivity index (χ1n) is 7.11. The van der Waals surface area contributed by atoms with E-state index in [1.807, 2.05) is 25.1 Å². The number of anilines is 1. The Bertz CT molecular complexity index is 482. The van der Waals surface area contributed by atoms with Crippen molar-refractivity contribution >= 4 is 11.5 Å². The zero-order valence-corrected chi connectivity index (χ0v) is 12.2. The molecule has 1 aliphatic rings. The van der Waals surface area contributed by atoms with Gasteiger partial charge in [-0.2, -0.15) is 0 Å². The van der Waals surface area contributed by atoms with E-state index in [1.165, 1.54) is 0 Å². The molecule has 0 aliphatic carbocycles. The quantitative estimate of drug-likeness (QED) is 0.374. The topological polar surface area (TPSA) is 71.1 Å². The standard InChI is InChI=1S/C15H23N3O2/c1-3-18(10-12-7-5-9-20-12)14-11(2)6-4-8-13(14)15(16)17-19/h4,6,8,12,19H,3,5,7,9-10H2,1-2H3,(H2,16,17). The maximum absolute atomic E-state index is 8.96. The van der Waals surface area contributed by atoms with Gasteiger partial charge in [0.1, 0.15) is 0 Å². The number of aryl methyl sites for hydroxylation is 1. The molecule has 1 aliphatic heterocycles. The largest absolute Gasteiger partial charge is 0.409 e. The molecular formula is C15H23N3O2. The normalized spacial score (nSPS) is 19.3. The lowest BCUT2D eigenvalue weighted by Crippen LogP contribution is -2.34. The Hall–Kier alpha value is -1.75.